The molecule has 0 aliphatic carbocycles. The smallest absolute Gasteiger partial charge is 0.272 e. The van der Waals surface area contributed by atoms with E-state index in [1.165, 1.54) is 25.7 Å². The average Bonchev–Trinajstić information content (AvgIpc) is 2.92. The number of aryl methyl sites for hydroxylation is 1. The third-order valence-electron chi connectivity index (χ3n) is 5.05. The van der Waals surface area contributed by atoms with Gasteiger partial charge in [-0.3, -0.25) is 9.69 Å². The van der Waals surface area contributed by atoms with Gasteiger partial charge in [-0.05, 0) is 52.3 Å². The predicted molar refractivity (Wildman–Crippen MR) is 90.4 cm³/mol. The molecule has 2 saturated heterocycles. The first-order valence-electron chi connectivity index (χ1n) is 9.00. The molecule has 1 aromatic heterocycles. The zero-order valence-electron chi connectivity index (χ0n) is 14.4. The van der Waals surface area contributed by atoms with Crippen molar-refractivity contribution < 1.29 is 4.79 Å². The average molecular weight is 316 g/mol. The van der Waals surface area contributed by atoms with Gasteiger partial charge in [0.15, 0.2) is 0 Å². The number of aromatic nitrogens is 2. The Morgan fingerprint density at radius 1 is 1.04 bits per heavy atom. The van der Waals surface area contributed by atoms with Crippen LogP contribution in [-0.2, 0) is 0 Å². The van der Waals surface area contributed by atoms with Crippen LogP contribution in [0.1, 0.15) is 73.0 Å². The Labute approximate surface area is 139 Å². The van der Waals surface area contributed by atoms with Crippen LogP contribution in [-0.4, -0.2) is 52.4 Å². The molecule has 0 spiro atoms. The highest BCUT2D eigenvalue weighted by Crippen LogP contribution is 2.28. The summed E-state index contributed by atoms with van der Waals surface area (Å²) < 4.78 is 0. The summed E-state index contributed by atoms with van der Waals surface area (Å²) >= 11 is 0. The summed E-state index contributed by atoms with van der Waals surface area (Å²) in [6, 6.07) is 2.10. The van der Waals surface area contributed by atoms with Crippen LogP contribution in [0.3, 0.4) is 0 Å². The fourth-order valence-electron chi connectivity index (χ4n) is 3.70. The molecule has 0 saturated carbocycles. The van der Waals surface area contributed by atoms with Crippen molar-refractivity contribution in [2.45, 2.75) is 57.9 Å². The molecule has 23 heavy (non-hydrogen) atoms. The number of nitrogens with zero attached hydrogens (tertiary/aromatic N) is 4. The van der Waals surface area contributed by atoms with Gasteiger partial charge in [-0.2, -0.15) is 0 Å². The molecule has 0 radical (unpaired) electrons. The van der Waals surface area contributed by atoms with E-state index < -0.39 is 0 Å². The molecule has 126 valence electrons. The number of rotatable bonds is 2. The van der Waals surface area contributed by atoms with E-state index in [9.17, 15) is 4.79 Å². The van der Waals surface area contributed by atoms with Gasteiger partial charge in [-0.25, -0.2) is 9.97 Å². The first-order chi connectivity index (χ1) is 11.1. The summed E-state index contributed by atoms with van der Waals surface area (Å²) in [5.41, 5.74) is 1.47. The lowest BCUT2D eigenvalue weighted by Crippen LogP contribution is -2.35. The first-order valence-corrected chi connectivity index (χ1v) is 9.00. The van der Waals surface area contributed by atoms with Crippen LogP contribution in [0.25, 0.3) is 0 Å². The van der Waals surface area contributed by atoms with Gasteiger partial charge >= 0.3 is 0 Å². The molecule has 3 heterocycles. The molecule has 2 fully saturated rings. The number of hydrogen-bond donors (Lipinski definition) is 0. The lowest BCUT2D eigenvalue weighted by Gasteiger charge is -2.25. The van der Waals surface area contributed by atoms with Gasteiger partial charge < -0.3 is 4.90 Å². The van der Waals surface area contributed by atoms with Crippen molar-refractivity contribution in [1.82, 2.24) is 19.8 Å². The lowest BCUT2D eigenvalue weighted by molar-refractivity contribution is 0.0735. The Hall–Kier alpha value is -1.49. The minimum absolute atomic E-state index is 0.0827. The molecule has 1 atom stereocenters. The maximum atomic E-state index is 12.9. The van der Waals surface area contributed by atoms with Gasteiger partial charge in [0.2, 0.25) is 0 Å². The van der Waals surface area contributed by atoms with E-state index >= 15 is 0 Å². The second-order valence-electron chi connectivity index (χ2n) is 6.95. The molecule has 1 amide bonds. The van der Waals surface area contributed by atoms with Crippen molar-refractivity contribution in [1.29, 1.82) is 0 Å². The minimum Gasteiger partial charge on any atom is -0.337 e. The predicted octanol–water partition coefficient (Wildman–Crippen LogP) is 2.96. The number of carbonyl (C=O) groups excluding carboxylic acids is 1. The minimum atomic E-state index is 0.0827. The van der Waals surface area contributed by atoms with E-state index in [4.69, 9.17) is 0 Å². The summed E-state index contributed by atoms with van der Waals surface area (Å²) in [6.07, 6.45) is 8.22. The van der Waals surface area contributed by atoms with Crippen molar-refractivity contribution in [3.05, 3.63) is 23.3 Å². The van der Waals surface area contributed by atoms with Crippen LogP contribution in [0.15, 0.2) is 6.07 Å². The third kappa shape index (κ3) is 3.89. The molecule has 2 aliphatic heterocycles. The van der Waals surface area contributed by atoms with Gasteiger partial charge in [-0.15, -0.1) is 0 Å². The third-order valence-corrected chi connectivity index (χ3v) is 5.05. The Balaban J connectivity index is 1.80. The van der Waals surface area contributed by atoms with Crippen molar-refractivity contribution in [3.8, 4) is 0 Å². The number of hydrogen-bond acceptors (Lipinski definition) is 4. The van der Waals surface area contributed by atoms with Crippen molar-refractivity contribution in [3.63, 3.8) is 0 Å². The van der Waals surface area contributed by atoms with Crippen LogP contribution in [0.5, 0.6) is 0 Å². The van der Waals surface area contributed by atoms with E-state index in [0.29, 0.717) is 5.69 Å². The van der Waals surface area contributed by atoms with Crippen LogP contribution < -0.4 is 0 Å². The van der Waals surface area contributed by atoms with E-state index in [1.807, 2.05) is 17.9 Å². The molecule has 0 aromatic carbocycles. The van der Waals surface area contributed by atoms with E-state index in [-0.39, 0.29) is 11.9 Å². The van der Waals surface area contributed by atoms with E-state index in [0.717, 1.165) is 50.4 Å². The standard InChI is InChI=1S/C18H28N4O/c1-14-13-15(18(23)22-11-6-4-3-5-7-12-22)20-17(19-14)16-9-8-10-21(16)2/h13,16H,3-12H2,1-2H3/t16-/m0/s1. The molecule has 5 nitrogen and oxygen atoms in total. The van der Waals surface area contributed by atoms with E-state index in [1.54, 1.807) is 0 Å². The molecule has 0 unspecified atom stereocenters. The van der Waals surface area contributed by atoms with Gasteiger partial charge in [0.25, 0.3) is 5.91 Å². The van der Waals surface area contributed by atoms with Crippen molar-refractivity contribution in [2.24, 2.45) is 0 Å². The molecule has 1 aromatic rings. The summed E-state index contributed by atoms with van der Waals surface area (Å²) in [4.78, 5) is 26.4. The van der Waals surface area contributed by atoms with Crippen molar-refractivity contribution in [2.75, 3.05) is 26.7 Å². The zero-order valence-corrected chi connectivity index (χ0v) is 14.4. The number of amides is 1. The van der Waals surface area contributed by atoms with E-state index in [2.05, 4.69) is 21.9 Å². The molecule has 5 heteroatoms. The summed E-state index contributed by atoms with van der Waals surface area (Å²) in [5, 5.41) is 0. The number of likely N-dealkylation sites (tertiary alicyclic amines) is 2. The maximum absolute atomic E-state index is 12.9. The highest BCUT2D eigenvalue weighted by Gasteiger charge is 2.27. The monoisotopic (exact) mass is 316 g/mol. The Kier molecular flexibility index (Phi) is 5.26. The molecule has 3 rings (SSSR count). The normalized spacial score (nSPS) is 23.6. The largest absolute Gasteiger partial charge is 0.337 e. The fourth-order valence-corrected chi connectivity index (χ4v) is 3.70. The van der Waals surface area contributed by atoms with Gasteiger partial charge in [-0.1, -0.05) is 19.3 Å². The summed E-state index contributed by atoms with van der Waals surface area (Å²) in [6.45, 7) is 4.77. The Bertz CT molecular complexity index is 552. The van der Waals surface area contributed by atoms with Crippen LogP contribution in [0.2, 0.25) is 0 Å². The highest BCUT2D eigenvalue weighted by atomic mass is 16.2. The Morgan fingerprint density at radius 2 is 1.74 bits per heavy atom. The van der Waals surface area contributed by atoms with Crippen LogP contribution in [0, 0.1) is 6.92 Å². The summed E-state index contributed by atoms with van der Waals surface area (Å²) in [5.74, 6) is 0.902. The molecule has 2 aliphatic rings. The zero-order chi connectivity index (χ0) is 16.2. The SMILES string of the molecule is Cc1cc(C(=O)N2CCCCCCC2)nc([C@@H]2CCCN2C)n1. The maximum Gasteiger partial charge on any atom is 0.272 e. The molecular formula is C18H28N4O. The van der Waals surface area contributed by atoms with Gasteiger partial charge in [0, 0.05) is 18.8 Å². The van der Waals surface area contributed by atoms with Gasteiger partial charge in [0.05, 0.1) is 6.04 Å². The highest BCUT2D eigenvalue weighted by molar-refractivity contribution is 5.92. The molecular weight excluding hydrogens is 288 g/mol. The second-order valence-corrected chi connectivity index (χ2v) is 6.95. The topological polar surface area (TPSA) is 49.3 Å². The fraction of sp³-hybridized carbons (Fsp3) is 0.722. The van der Waals surface area contributed by atoms with Crippen molar-refractivity contribution >= 4 is 5.91 Å². The van der Waals surface area contributed by atoms with Crippen LogP contribution >= 0.6 is 0 Å². The van der Waals surface area contributed by atoms with Gasteiger partial charge in [0.1, 0.15) is 11.5 Å². The van der Waals surface area contributed by atoms with Crippen LogP contribution in [0.4, 0.5) is 0 Å². The number of carbonyl (C=O) groups is 1. The quantitative estimate of drug-likeness (QED) is 0.842. The Morgan fingerprint density at radius 3 is 2.39 bits per heavy atom. The second kappa shape index (κ2) is 7.39. The molecule has 0 bridgehead atoms. The lowest BCUT2D eigenvalue weighted by atomic mass is 10.1. The molecule has 0 N–H and O–H groups in total. The first kappa shape index (κ1) is 16.4. The summed E-state index contributed by atoms with van der Waals surface area (Å²) in [7, 11) is 2.11.